The number of pyridine rings is 1. The van der Waals surface area contributed by atoms with Crippen LogP contribution in [0.3, 0.4) is 0 Å². The lowest BCUT2D eigenvalue weighted by Gasteiger charge is -2.20. The maximum absolute atomic E-state index is 12.6. The van der Waals surface area contributed by atoms with Crippen molar-refractivity contribution >= 4 is 35.1 Å². The van der Waals surface area contributed by atoms with Gasteiger partial charge in [-0.15, -0.1) is 11.8 Å². The van der Waals surface area contributed by atoms with E-state index < -0.39 is 0 Å². The Hall–Kier alpha value is -3.60. The van der Waals surface area contributed by atoms with E-state index in [1.807, 2.05) is 42.5 Å². The Kier molecular flexibility index (Phi) is 7.90. The maximum atomic E-state index is 12.6. The van der Waals surface area contributed by atoms with E-state index in [4.69, 9.17) is 14.5 Å². The molecule has 2 fully saturated rings. The number of rotatable bonds is 9. The summed E-state index contributed by atoms with van der Waals surface area (Å²) in [7, 11) is 2.11. The Balaban J connectivity index is 0.997. The zero-order chi connectivity index (χ0) is 27.5. The third-order valence-corrected chi connectivity index (χ3v) is 8.41. The molecule has 3 aliphatic rings. The third kappa shape index (κ3) is 6.24. The number of amides is 2. The number of hydrogen-bond donors (Lipinski definition) is 2. The number of hydrogen-bond acceptors (Lipinski definition) is 8. The lowest BCUT2D eigenvalue weighted by Crippen LogP contribution is -2.26. The van der Waals surface area contributed by atoms with Gasteiger partial charge in [-0.25, -0.2) is 9.78 Å². The number of nitrogens with zero attached hydrogens (tertiary/aromatic N) is 3. The van der Waals surface area contributed by atoms with Gasteiger partial charge in [0, 0.05) is 41.8 Å². The second-order valence-electron chi connectivity index (χ2n) is 10.5. The Morgan fingerprint density at radius 3 is 2.90 bits per heavy atom. The standard InChI is InChI=1S/C30H33N5O4S/c1-34-13-11-24(17-34)38-29-7-3-6-25(33-29)21-5-2-4-20(14-21)16-31-12-10-23-18-35(30(37)39-23)22-8-9-27-26(15-22)32-28(36)19-40-27/h2-9,14-15,23-24,31H,10-13,16-19H2,1H3,(H,32,36)/t23-,24+/m1/s1. The number of ether oxygens (including phenoxy) is 2. The number of cyclic esters (lactones) is 1. The number of likely N-dealkylation sites (tertiary alicyclic amines) is 1. The van der Waals surface area contributed by atoms with Crippen LogP contribution in [-0.4, -0.2) is 73.1 Å². The molecule has 6 rings (SSSR count). The van der Waals surface area contributed by atoms with E-state index in [9.17, 15) is 9.59 Å². The molecule has 3 aliphatic heterocycles. The van der Waals surface area contributed by atoms with Crippen LogP contribution in [0.5, 0.6) is 5.88 Å². The van der Waals surface area contributed by atoms with Crippen molar-refractivity contribution in [2.24, 2.45) is 0 Å². The summed E-state index contributed by atoms with van der Waals surface area (Å²) in [6.45, 7) is 3.88. The Morgan fingerprint density at radius 2 is 2.02 bits per heavy atom. The molecule has 0 unspecified atom stereocenters. The molecule has 2 aromatic carbocycles. The topological polar surface area (TPSA) is 96.0 Å². The van der Waals surface area contributed by atoms with Crippen molar-refractivity contribution in [3.63, 3.8) is 0 Å². The van der Waals surface area contributed by atoms with Gasteiger partial charge in [0.15, 0.2) is 0 Å². The normalized spacial score (nSPS) is 20.8. The maximum Gasteiger partial charge on any atom is 0.414 e. The second kappa shape index (κ2) is 11.9. The summed E-state index contributed by atoms with van der Waals surface area (Å²) in [5.41, 5.74) is 4.58. The van der Waals surface area contributed by atoms with Crippen LogP contribution in [0.15, 0.2) is 65.6 Å². The summed E-state index contributed by atoms with van der Waals surface area (Å²) >= 11 is 1.50. The summed E-state index contributed by atoms with van der Waals surface area (Å²) < 4.78 is 11.7. The molecule has 4 heterocycles. The van der Waals surface area contributed by atoms with Gasteiger partial charge in [0.05, 0.1) is 23.7 Å². The molecule has 2 N–H and O–H groups in total. The van der Waals surface area contributed by atoms with Crippen molar-refractivity contribution in [3.05, 3.63) is 66.2 Å². The summed E-state index contributed by atoms with van der Waals surface area (Å²) in [5.74, 6) is 1.05. The molecule has 2 atom stereocenters. The van der Waals surface area contributed by atoms with Gasteiger partial charge in [-0.3, -0.25) is 9.69 Å². The van der Waals surface area contributed by atoms with Crippen LogP contribution in [-0.2, 0) is 16.1 Å². The van der Waals surface area contributed by atoms with E-state index in [1.165, 1.54) is 11.8 Å². The molecule has 9 nitrogen and oxygen atoms in total. The highest BCUT2D eigenvalue weighted by Gasteiger charge is 2.32. The van der Waals surface area contributed by atoms with Gasteiger partial charge in [-0.05, 0) is 62.3 Å². The highest BCUT2D eigenvalue weighted by atomic mass is 32.2. The minimum Gasteiger partial charge on any atom is -0.473 e. The van der Waals surface area contributed by atoms with Gasteiger partial charge in [-0.2, -0.15) is 0 Å². The first-order valence-corrected chi connectivity index (χ1v) is 14.7. The number of nitrogens with one attached hydrogen (secondary N) is 2. The minimum absolute atomic E-state index is 0.0283. The molecule has 3 aromatic rings. The Labute approximate surface area is 238 Å². The van der Waals surface area contributed by atoms with E-state index in [2.05, 4.69) is 40.8 Å². The van der Waals surface area contributed by atoms with E-state index in [1.54, 1.807) is 4.90 Å². The quantitative estimate of drug-likeness (QED) is 0.373. The van der Waals surface area contributed by atoms with Gasteiger partial charge in [0.1, 0.15) is 12.2 Å². The lowest BCUT2D eigenvalue weighted by molar-refractivity contribution is -0.113. The first-order chi connectivity index (χ1) is 19.5. The van der Waals surface area contributed by atoms with Gasteiger partial charge >= 0.3 is 6.09 Å². The second-order valence-corrected chi connectivity index (χ2v) is 11.5. The first kappa shape index (κ1) is 26.6. The third-order valence-electron chi connectivity index (χ3n) is 7.34. The number of thioether (sulfide) groups is 1. The first-order valence-electron chi connectivity index (χ1n) is 13.7. The van der Waals surface area contributed by atoms with Gasteiger partial charge in [-0.1, -0.05) is 24.3 Å². The molecule has 2 saturated heterocycles. The number of benzene rings is 2. The summed E-state index contributed by atoms with van der Waals surface area (Å²) in [4.78, 5) is 34.0. The monoisotopic (exact) mass is 559 g/mol. The zero-order valence-electron chi connectivity index (χ0n) is 22.5. The molecule has 0 spiro atoms. The number of carbonyl (C=O) groups excluding carboxylic acids is 2. The SMILES string of the molecule is CN1CC[C@H](Oc2cccc(-c3cccc(CNCC[C@@H]4CN(c5ccc6c(c5)NC(=O)CS6)C(=O)O4)c3)n2)C1. The molecule has 0 bridgehead atoms. The Morgan fingerprint density at radius 1 is 1.12 bits per heavy atom. The van der Waals surface area contributed by atoms with E-state index in [0.29, 0.717) is 37.7 Å². The Bertz CT molecular complexity index is 1400. The van der Waals surface area contributed by atoms with Crippen LogP contribution in [0, 0.1) is 0 Å². The van der Waals surface area contributed by atoms with E-state index >= 15 is 0 Å². The molecule has 208 valence electrons. The summed E-state index contributed by atoms with van der Waals surface area (Å²) in [6.07, 6.45) is 1.36. The van der Waals surface area contributed by atoms with Crippen molar-refractivity contribution < 1.29 is 19.1 Å². The van der Waals surface area contributed by atoms with Gasteiger partial charge in [0.2, 0.25) is 11.8 Å². The smallest absolute Gasteiger partial charge is 0.414 e. The van der Waals surface area contributed by atoms with E-state index in [0.717, 1.165) is 52.6 Å². The number of fused-ring (bicyclic) bond motifs is 1. The predicted octanol–water partition coefficient (Wildman–Crippen LogP) is 4.38. The lowest BCUT2D eigenvalue weighted by atomic mass is 10.1. The van der Waals surface area contributed by atoms with Crippen molar-refractivity contribution in [1.29, 1.82) is 0 Å². The molecule has 10 heteroatoms. The number of carbonyl (C=O) groups is 2. The highest BCUT2D eigenvalue weighted by Crippen LogP contribution is 2.35. The minimum atomic E-state index is -0.355. The summed E-state index contributed by atoms with van der Waals surface area (Å²) in [6, 6.07) is 20.0. The largest absolute Gasteiger partial charge is 0.473 e. The molecule has 40 heavy (non-hydrogen) atoms. The molecule has 2 amide bonds. The molecule has 1 aromatic heterocycles. The van der Waals surface area contributed by atoms with Crippen LogP contribution < -0.4 is 20.3 Å². The average molecular weight is 560 g/mol. The van der Waals surface area contributed by atoms with E-state index in [-0.39, 0.29) is 24.2 Å². The van der Waals surface area contributed by atoms with Crippen LogP contribution in [0.1, 0.15) is 18.4 Å². The fourth-order valence-corrected chi connectivity index (χ4v) is 6.05. The fraction of sp³-hybridized carbons (Fsp3) is 0.367. The molecule has 0 radical (unpaired) electrons. The number of anilines is 2. The summed E-state index contributed by atoms with van der Waals surface area (Å²) in [5, 5.41) is 6.36. The highest BCUT2D eigenvalue weighted by molar-refractivity contribution is 8.00. The van der Waals surface area contributed by atoms with Crippen LogP contribution >= 0.6 is 11.8 Å². The fourth-order valence-electron chi connectivity index (χ4n) is 5.26. The average Bonchev–Trinajstić information content (AvgIpc) is 3.55. The molecular weight excluding hydrogens is 526 g/mol. The van der Waals surface area contributed by atoms with Crippen molar-refractivity contribution in [2.75, 3.05) is 49.2 Å². The number of likely N-dealkylation sites (N-methyl/N-ethyl adjacent to an activating group) is 1. The van der Waals surface area contributed by atoms with Crippen molar-refractivity contribution in [1.82, 2.24) is 15.2 Å². The van der Waals surface area contributed by atoms with Crippen LogP contribution in [0.2, 0.25) is 0 Å². The number of aromatic nitrogens is 1. The van der Waals surface area contributed by atoms with Gasteiger partial charge < -0.3 is 25.0 Å². The van der Waals surface area contributed by atoms with Crippen LogP contribution in [0.4, 0.5) is 16.2 Å². The molecule has 0 aliphatic carbocycles. The van der Waals surface area contributed by atoms with Crippen LogP contribution in [0.25, 0.3) is 11.3 Å². The van der Waals surface area contributed by atoms with Crippen molar-refractivity contribution in [2.45, 2.75) is 36.5 Å². The molecule has 0 saturated carbocycles. The predicted molar refractivity (Wildman–Crippen MR) is 156 cm³/mol. The zero-order valence-corrected chi connectivity index (χ0v) is 23.3. The molecular formula is C30H33N5O4S. The van der Waals surface area contributed by atoms with Gasteiger partial charge in [0.25, 0.3) is 0 Å². The van der Waals surface area contributed by atoms with Crippen molar-refractivity contribution in [3.8, 4) is 17.1 Å².